The van der Waals surface area contributed by atoms with E-state index in [4.69, 9.17) is 16.3 Å². The molecular formula is C12H14ClN3O2. The van der Waals surface area contributed by atoms with Crippen molar-refractivity contribution in [3.05, 3.63) is 23.0 Å². The lowest BCUT2D eigenvalue weighted by molar-refractivity contribution is 0.0934. The average Bonchev–Trinajstić information content (AvgIpc) is 2.74. The van der Waals surface area contributed by atoms with Crippen LogP contribution in [0.3, 0.4) is 0 Å². The Hall–Kier alpha value is -1.75. The summed E-state index contributed by atoms with van der Waals surface area (Å²) in [6.45, 7) is 3.77. The molecule has 6 heteroatoms. The van der Waals surface area contributed by atoms with Gasteiger partial charge in [-0.1, -0.05) is 11.6 Å². The summed E-state index contributed by atoms with van der Waals surface area (Å²) in [5.41, 5.74) is 1.16. The summed E-state index contributed by atoms with van der Waals surface area (Å²) in [6, 6.07) is 3.46. The van der Waals surface area contributed by atoms with E-state index in [9.17, 15) is 4.79 Å². The Kier molecular flexibility index (Phi) is 3.43. The van der Waals surface area contributed by atoms with Crippen molar-refractivity contribution < 1.29 is 9.53 Å². The number of hydrogen-bond donors (Lipinski definition) is 2. The van der Waals surface area contributed by atoms with Crippen molar-refractivity contribution in [3.8, 4) is 5.75 Å². The molecule has 0 atom stereocenters. The zero-order chi connectivity index (χ0) is 13.3. The third kappa shape index (κ3) is 2.26. The van der Waals surface area contributed by atoms with Gasteiger partial charge in [0.15, 0.2) is 5.82 Å². The molecule has 2 aromatic rings. The molecule has 0 saturated heterocycles. The number of amides is 1. The fraction of sp³-hybridized carbons (Fsp3) is 0.333. The highest BCUT2D eigenvalue weighted by atomic mass is 35.5. The molecule has 1 aromatic heterocycles. The first-order valence-corrected chi connectivity index (χ1v) is 5.93. The first kappa shape index (κ1) is 12.7. The first-order chi connectivity index (χ1) is 8.52. The monoisotopic (exact) mass is 267 g/mol. The first-order valence-electron chi connectivity index (χ1n) is 5.56. The van der Waals surface area contributed by atoms with Crippen molar-refractivity contribution in [1.29, 1.82) is 0 Å². The highest BCUT2D eigenvalue weighted by Gasteiger charge is 2.16. The van der Waals surface area contributed by atoms with Crippen molar-refractivity contribution >= 4 is 28.5 Å². The van der Waals surface area contributed by atoms with Gasteiger partial charge in [-0.25, -0.2) is 4.98 Å². The number of methoxy groups -OCH3 is 1. The number of H-pyrrole nitrogens is 1. The molecule has 2 N–H and O–H groups in total. The Morgan fingerprint density at radius 1 is 1.50 bits per heavy atom. The summed E-state index contributed by atoms with van der Waals surface area (Å²) in [4.78, 5) is 19.0. The van der Waals surface area contributed by atoms with Crippen LogP contribution >= 0.6 is 11.6 Å². The Morgan fingerprint density at radius 3 is 2.83 bits per heavy atom. The number of fused-ring (bicyclic) bond motifs is 1. The van der Waals surface area contributed by atoms with E-state index in [0.717, 1.165) is 0 Å². The van der Waals surface area contributed by atoms with E-state index in [1.165, 1.54) is 0 Å². The second-order valence-electron chi connectivity index (χ2n) is 4.19. The lowest BCUT2D eigenvalue weighted by Gasteiger charge is -2.05. The quantitative estimate of drug-likeness (QED) is 0.897. The number of aromatic amines is 1. The van der Waals surface area contributed by atoms with Crippen LogP contribution in [0.5, 0.6) is 5.75 Å². The second kappa shape index (κ2) is 4.86. The number of aromatic nitrogens is 2. The fourth-order valence-electron chi connectivity index (χ4n) is 1.64. The predicted octanol–water partition coefficient (Wildman–Crippen LogP) is 2.36. The minimum atomic E-state index is -0.265. The lowest BCUT2D eigenvalue weighted by atomic mass is 10.3. The van der Waals surface area contributed by atoms with Gasteiger partial charge in [0.25, 0.3) is 5.91 Å². The molecule has 0 radical (unpaired) electrons. The van der Waals surface area contributed by atoms with E-state index in [-0.39, 0.29) is 17.8 Å². The molecule has 0 aliphatic carbocycles. The van der Waals surface area contributed by atoms with Gasteiger partial charge in [-0.05, 0) is 26.0 Å². The molecule has 0 aliphatic rings. The molecule has 5 nitrogen and oxygen atoms in total. The average molecular weight is 268 g/mol. The number of hydrogen-bond acceptors (Lipinski definition) is 3. The van der Waals surface area contributed by atoms with Crippen LogP contribution in [0.4, 0.5) is 0 Å². The molecule has 0 unspecified atom stereocenters. The Bertz CT molecular complexity index is 592. The van der Waals surface area contributed by atoms with Crippen LogP contribution < -0.4 is 10.1 Å². The van der Waals surface area contributed by atoms with E-state index >= 15 is 0 Å². The molecule has 96 valence electrons. The number of imidazole rings is 1. The molecule has 0 saturated carbocycles. The van der Waals surface area contributed by atoms with Gasteiger partial charge in [0.05, 0.1) is 12.1 Å². The van der Waals surface area contributed by atoms with Crippen LogP contribution in [-0.2, 0) is 0 Å². The number of carbonyl (C=O) groups is 1. The van der Waals surface area contributed by atoms with Gasteiger partial charge in [0, 0.05) is 6.04 Å². The third-order valence-electron chi connectivity index (χ3n) is 2.41. The summed E-state index contributed by atoms with van der Waals surface area (Å²) in [6.07, 6.45) is 0. The number of benzene rings is 1. The maximum absolute atomic E-state index is 11.8. The minimum absolute atomic E-state index is 0.0445. The molecule has 0 bridgehead atoms. The lowest BCUT2D eigenvalue weighted by Crippen LogP contribution is -2.30. The number of halogens is 1. The Morgan fingerprint density at radius 2 is 2.22 bits per heavy atom. The minimum Gasteiger partial charge on any atom is -0.494 e. The summed E-state index contributed by atoms with van der Waals surface area (Å²) in [5.74, 6) is 0.565. The highest BCUT2D eigenvalue weighted by Crippen LogP contribution is 2.29. The van der Waals surface area contributed by atoms with Crippen molar-refractivity contribution in [2.45, 2.75) is 19.9 Å². The standard InChI is InChI=1S/C12H14ClN3O2/c1-6(2)14-12(17)11-15-9-7(13)4-5-8(18-3)10(9)16-11/h4-6H,1-3H3,(H,14,17)(H,15,16). The molecule has 2 rings (SSSR count). The molecule has 0 aliphatic heterocycles. The van der Waals surface area contributed by atoms with Gasteiger partial charge in [-0.15, -0.1) is 0 Å². The fourth-order valence-corrected chi connectivity index (χ4v) is 1.84. The van der Waals surface area contributed by atoms with Crippen molar-refractivity contribution in [2.75, 3.05) is 7.11 Å². The highest BCUT2D eigenvalue weighted by molar-refractivity contribution is 6.35. The van der Waals surface area contributed by atoms with Crippen molar-refractivity contribution in [3.63, 3.8) is 0 Å². The molecule has 1 heterocycles. The van der Waals surface area contributed by atoms with Crippen LogP contribution in [0.15, 0.2) is 12.1 Å². The van der Waals surface area contributed by atoms with Crippen molar-refractivity contribution in [1.82, 2.24) is 15.3 Å². The second-order valence-corrected chi connectivity index (χ2v) is 4.59. The largest absolute Gasteiger partial charge is 0.494 e. The summed E-state index contributed by atoms with van der Waals surface area (Å²) < 4.78 is 5.20. The van der Waals surface area contributed by atoms with Crippen LogP contribution in [-0.4, -0.2) is 29.0 Å². The van der Waals surface area contributed by atoms with Gasteiger partial charge in [-0.3, -0.25) is 4.79 Å². The Labute approximate surface area is 109 Å². The van der Waals surface area contributed by atoms with Gasteiger partial charge in [0.2, 0.25) is 0 Å². The maximum Gasteiger partial charge on any atom is 0.287 e. The summed E-state index contributed by atoms with van der Waals surface area (Å²) in [5, 5.41) is 3.24. The normalized spacial score (nSPS) is 10.9. The van der Waals surface area contributed by atoms with E-state index in [0.29, 0.717) is 21.8 Å². The Balaban J connectivity index is 2.49. The number of ether oxygens (including phenoxy) is 1. The molecule has 1 aromatic carbocycles. The third-order valence-corrected chi connectivity index (χ3v) is 2.72. The SMILES string of the molecule is COc1ccc(Cl)c2nc(C(=O)NC(C)C)[nH]c12. The smallest absolute Gasteiger partial charge is 0.287 e. The zero-order valence-corrected chi connectivity index (χ0v) is 11.1. The van der Waals surface area contributed by atoms with E-state index in [1.54, 1.807) is 19.2 Å². The van der Waals surface area contributed by atoms with Gasteiger partial charge >= 0.3 is 0 Å². The van der Waals surface area contributed by atoms with E-state index < -0.39 is 0 Å². The molecule has 0 fully saturated rings. The van der Waals surface area contributed by atoms with E-state index in [1.807, 2.05) is 13.8 Å². The summed E-state index contributed by atoms with van der Waals surface area (Å²) >= 11 is 6.04. The van der Waals surface area contributed by atoms with Gasteiger partial charge < -0.3 is 15.0 Å². The predicted molar refractivity (Wildman–Crippen MR) is 70.3 cm³/mol. The van der Waals surface area contributed by atoms with Crippen LogP contribution in [0, 0.1) is 0 Å². The van der Waals surface area contributed by atoms with E-state index in [2.05, 4.69) is 15.3 Å². The van der Waals surface area contributed by atoms with Gasteiger partial charge in [0.1, 0.15) is 16.8 Å². The maximum atomic E-state index is 11.8. The molecule has 0 spiro atoms. The molecule has 18 heavy (non-hydrogen) atoms. The number of nitrogens with one attached hydrogen (secondary N) is 2. The van der Waals surface area contributed by atoms with Crippen LogP contribution in [0.2, 0.25) is 5.02 Å². The van der Waals surface area contributed by atoms with Crippen LogP contribution in [0.1, 0.15) is 24.5 Å². The molecule has 1 amide bonds. The number of nitrogens with zero attached hydrogens (tertiary/aromatic N) is 1. The summed E-state index contributed by atoms with van der Waals surface area (Å²) in [7, 11) is 1.55. The topological polar surface area (TPSA) is 67.0 Å². The zero-order valence-electron chi connectivity index (χ0n) is 10.4. The van der Waals surface area contributed by atoms with Crippen LogP contribution in [0.25, 0.3) is 11.0 Å². The van der Waals surface area contributed by atoms with Gasteiger partial charge in [-0.2, -0.15) is 0 Å². The molecular weight excluding hydrogens is 254 g/mol. The number of carbonyl (C=O) groups excluding carboxylic acids is 1. The number of rotatable bonds is 3. The van der Waals surface area contributed by atoms with Crippen molar-refractivity contribution in [2.24, 2.45) is 0 Å².